The van der Waals surface area contributed by atoms with Gasteiger partial charge in [-0.25, -0.2) is 9.97 Å². The highest BCUT2D eigenvalue weighted by Crippen LogP contribution is 2.34. The molecule has 2 aromatic rings. The summed E-state index contributed by atoms with van der Waals surface area (Å²) >= 11 is 0. The van der Waals surface area contributed by atoms with Crippen molar-refractivity contribution in [2.24, 2.45) is 0 Å². The van der Waals surface area contributed by atoms with Gasteiger partial charge in [0.1, 0.15) is 18.2 Å². The molecule has 2 amide bonds. The number of carbonyl (C=O) groups is 2. The molecule has 2 N–H and O–H groups in total. The molecule has 1 aromatic heterocycles. The molecule has 4 atom stereocenters. The van der Waals surface area contributed by atoms with Crippen LogP contribution in [0.5, 0.6) is 0 Å². The number of rotatable bonds is 7. The Morgan fingerprint density at radius 3 is 2.66 bits per heavy atom. The van der Waals surface area contributed by atoms with Crippen LogP contribution in [0.2, 0.25) is 0 Å². The van der Waals surface area contributed by atoms with E-state index in [1.54, 1.807) is 4.90 Å². The summed E-state index contributed by atoms with van der Waals surface area (Å²) in [5.74, 6) is 0.0632. The first-order chi connectivity index (χ1) is 16.6. The summed E-state index contributed by atoms with van der Waals surface area (Å²) in [6, 6.07) is 3.06. The lowest BCUT2D eigenvalue weighted by atomic mass is 9.84. The highest BCUT2D eigenvalue weighted by Gasteiger charge is 2.42. The highest BCUT2D eigenvalue weighted by atomic mass is 19.4. The van der Waals surface area contributed by atoms with Crippen LogP contribution in [0.15, 0.2) is 24.5 Å². The first kappa shape index (κ1) is 25.2. The van der Waals surface area contributed by atoms with E-state index in [-0.39, 0.29) is 29.2 Å². The summed E-state index contributed by atoms with van der Waals surface area (Å²) in [5.41, 5.74) is -0.436. The van der Waals surface area contributed by atoms with Gasteiger partial charge in [-0.3, -0.25) is 9.59 Å². The number of benzene rings is 1. The zero-order chi connectivity index (χ0) is 25.3. The fourth-order valence-corrected chi connectivity index (χ4v) is 5.24. The predicted molar refractivity (Wildman–Crippen MR) is 126 cm³/mol. The monoisotopic (exact) mass is 492 g/mol. The summed E-state index contributed by atoms with van der Waals surface area (Å²) < 4.78 is 39.7. The van der Waals surface area contributed by atoms with Crippen molar-refractivity contribution in [1.82, 2.24) is 25.1 Å². The van der Waals surface area contributed by atoms with Gasteiger partial charge in [-0.15, -0.1) is 0 Å². The zero-order valence-electron chi connectivity index (χ0n) is 20.0. The lowest BCUT2D eigenvalue weighted by Gasteiger charge is -2.44. The Bertz CT molecular complexity index is 1080. The standard InChI is InChI=1S/C24H31F3N6O2/c1-14(2)32(3)16-5-7-21(20(11-16)30-13-34)33-9-8-19(23(33)35)31-22-17-10-15(24(25,26)27)4-6-18(17)28-12-29-22/h4,6,10,12-14,16,19-21H,5,7-9,11H2,1-3H3,(H,30,34)(H,28,29,31)/t16-,19+,20-,21+/m1/s1. The zero-order valence-corrected chi connectivity index (χ0v) is 20.0. The first-order valence-corrected chi connectivity index (χ1v) is 11.9. The van der Waals surface area contributed by atoms with Crippen molar-refractivity contribution in [3.8, 4) is 0 Å². The minimum Gasteiger partial charge on any atom is -0.358 e. The second-order valence-electron chi connectivity index (χ2n) is 9.65. The van der Waals surface area contributed by atoms with Crippen LogP contribution in [0.1, 0.15) is 45.1 Å². The van der Waals surface area contributed by atoms with Gasteiger partial charge in [0.05, 0.1) is 23.2 Å². The number of hydrogen-bond donors (Lipinski definition) is 2. The number of nitrogens with one attached hydrogen (secondary N) is 2. The van der Waals surface area contributed by atoms with Gasteiger partial charge in [0.15, 0.2) is 0 Å². The Morgan fingerprint density at radius 1 is 1.20 bits per heavy atom. The summed E-state index contributed by atoms with van der Waals surface area (Å²) in [6.45, 7) is 4.76. The van der Waals surface area contributed by atoms with Gasteiger partial charge < -0.3 is 20.4 Å². The molecular formula is C24H31F3N6O2. The van der Waals surface area contributed by atoms with E-state index in [4.69, 9.17) is 0 Å². The number of nitrogens with zero attached hydrogens (tertiary/aromatic N) is 4. The van der Waals surface area contributed by atoms with Crippen molar-refractivity contribution < 1.29 is 22.8 Å². The fourth-order valence-electron chi connectivity index (χ4n) is 5.24. The molecule has 1 saturated carbocycles. The fraction of sp³-hybridized carbons (Fsp3) is 0.583. The van der Waals surface area contributed by atoms with E-state index in [0.29, 0.717) is 37.0 Å². The topological polar surface area (TPSA) is 90.5 Å². The van der Waals surface area contributed by atoms with Gasteiger partial charge in [-0.05, 0) is 64.8 Å². The van der Waals surface area contributed by atoms with Crippen molar-refractivity contribution in [2.45, 2.75) is 75.9 Å². The molecule has 0 spiro atoms. The number of halogens is 3. The van der Waals surface area contributed by atoms with E-state index >= 15 is 0 Å². The Labute approximate surface area is 202 Å². The summed E-state index contributed by atoms with van der Waals surface area (Å²) in [4.78, 5) is 37.0. The summed E-state index contributed by atoms with van der Waals surface area (Å²) in [5, 5.41) is 6.19. The van der Waals surface area contributed by atoms with Crippen molar-refractivity contribution in [3.63, 3.8) is 0 Å². The number of aromatic nitrogens is 2. The normalized spacial score (nSPS) is 25.5. The summed E-state index contributed by atoms with van der Waals surface area (Å²) in [6.07, 6.45) is 0.374. The summed E-state index contributed by atoms with van der Waals surface area (Å²) in [7, 11) is 2.07. The maximum Gasteiger partial charge on any atom is 0.416 e. The molecule has 190 valence electrons. The molecule has 2 fully saturated rings. The van der Waals surface area contributed by atoms with Crippen LogP contribution < -0.4 is 10.6 Å². The number of anilines is 1. The average molecular weight is 493 g/mol. The van der Waals surface area contributed by atoms with Gasteiger partial charge in [-0.1, -0.05) is 0 Å². The van der Waals surface area contributed by atoms with Crippen LogP contribution in [0.25, 0.3) is 10.9 Å². The van der Waals surface area contributed by atoms with Gasteiger partial charge in [0, 0.05) is 24.0 Å². The molecule has 0 radical (unpaired) electrons. The van der Waals surface area contributed by atoms with Crippen LogP contribution >= 0.6 is 0 Å². The quantitative estimate of drug-likeness (QED) is 0.578. The van der Waals surface area contributed by atoms with Crippen molar-refractivity contribution in [1.29, 1.82) is 0 Å². The van der Waals surface area contributed by atoms with E-state index in [1.165, 1.54) is 12.4 Å². The Morgan fingerprint density at radius 2 is 1.97 bits per heavy atom. The van der Waals surface area contributed by atoms with Crippen LogP contribution in [0.4, 0.5) is 19.0 Å². The van der Waals surface area contributed by atoms with Crippen LogP contribution in [-0.4, -0.2) is 75.9 Å². The molecule has 35 heavy (non-hydrogen) atoms. The Kier molecular flexibility index (Phi) is 7.16. The third-order valence-electron chi connectivity index (χ3n) is 7.37. The molecule has 2 aliphatic rings. The second kappa shape index (κ2) is 9.96. The van der Waals surface area contributed by atoms with Crippen molar-refractivity contribution in [3.05, 3.63) is 30.1 Å². The molecule has 0 unspecified atom stereocenters. The molecule has 1 aliphatic carbocycles. The van der Waals surface area contributed by atoms with Crippen LogP contribution in [0, 0.1) is 0 Å². The van der Waals surface area contributed by atoms with Crippen molar-refractivity contribution in [2.75, 3.05) is 18.9 Å². The van der Waals surface area contributed by atoms with E-state index in [9.17, 15) is 22.8 Å². The molecule has 8 nitrogen and oxygen atoms in total. The number of hydrogen-bond acceptors (Lipinski definition) is 6. The number of amides is 2. The molecule has 0 bridgehead atoms. The van der Waals surface area contributed by atoms with Crippen molar-refractivity contribution >= 4 is 29.0 Å². The minimum atomic E-state index is -4.50. The number of likely N-dealkylation sites (tertiary alicyclic amines) is 1. The van der Waals surface area contributed by atoms with E-state index in [1.807, 2.05) is 0 Å². The molecule has 1 aromatic carbocycles. The number of carbonyl (C=O) groups excluding carboxylic acids is 2. The van der Waals surface area contributed by atoms with Gasteiger partial charge in [0.25, 0.3) is 0 Å². The third-order valence-corrected chi connectivity index (χ3v) is 7.37. The molecule has 1 aliphatic heterocycles. The third kappa shape index (κ3) is 5.19. The largest absolute Gasteiger partial charge is 0.416 e. The average Bonchev–Trinajstić information content (AvgIpc) is 3.17. The lowest BCUT2D eigenvalue weighted by Crippen LogP contribution is -2.57. The maximum atomic E-state index is 13.4. The predicted octanol–water partition coefficient (Wildman–Crippen LogP) is 3.04. The highest BCUT2D eigenvalue weighted by molar-refractivity contribution is 5.93. The molecule has 4 rings (SSSR count). The van der Waals surface area contributed by atoms with E-state index in [2.05, 4.69) is 46.4 Å². The minimum absolute atomic E-state index is 0.129. The molecule has 2 heterocycles. The number of fused-ring (bicyclic) bond motifs is 1. The Balaban J connectivity index is 1.51. The molecule has 1 saturated heterocycles. The van der Waals surface area contributed by atoms with Gasteiger partial charge in [0.2, 0.25) is 12.3 Å². The molecular weight excluding hydrogens is 461 g/mol. The van der Waals surface area contributed by atoms with Crippen LogP contribution in [0.3, 0.4) is 0 Å². The lowest BCUT2D eigenvalue weighted by molar-refractivity contribution is -0.137. The van der Waals surface area contributed by atoms with E-state index in [0.717, 1.165) is 31.4 Å². The van der Waals surface area contributed by atoms with Crippen LogP contribution in [-0.2, 0) is 15.8 Å². The maximum absolute atomic E-state index is 13.4. The van der Waals surface area contributed by atoms with Gasteiger partial charge >= 0.3 is 6.18 Å². The van der Waals surface area contributed by atoms with E-state index < -0.39 is 17.8 Å². The Hall–Kier alpha value is -2.95. The first-order valence-electron chi connectivity index (χ1n) is 11.9. The van der Waals surface area contributed by atoms with Gasteiger partial charge in [-0.2, -0.15) is 13.2 Å². The second-order valence-corrected chi connectivity index (χ2v) is 9.65. The smallest absolute Gasteiger partial charge is 0.358 e. The number of alkyl halides is 3. The SMILES string of the molecule is CC(C)N(C)[C@@H]1CC[C@H](N2CC[C@H](Nc3ncnc4ccc(C(F)(F)F)cc34)C2=O)[C@H](NC=O)C1. The molecule has 11 heteroatoms.